The van der Waals surface area contributed by atoms with Crippen LogP contribution < -0.4 is 0 Å². The lowest BCUT2D eigenvalue weighted by molar-refractivity contribution is -0.161. The number of nitrogens with zero attached hydrogens (tertiary/aromatic N) is 6. The normalized spacial score (nSPS) is 21.2. The zero-order valence-corrected chi connectivity index (χ0v) is 20.8. The van der Waals surface area contributed by atoms with Gasteiger partial charge in [0.15, 0.2) is 23.3 Å². The van der Waals surface area contributed by atoms with E-state index < -0.39 is 48.4 Å². The largest absolute Gasteiger partial charge is 0.397 e. The van der Waals surface area contributed by atoms with Crippen LogP contribution in [0.4, 0.5) is 13.2 Å². The summed E-state index contributed by atoms with van der Waals surface area (Å²) in [6.07, 6.45) is -0.00885. The molecule has 3 heterocycles. The quantitative estimate of drug-likeness (QED) is 0.322. The van der Waals surface area contributed by atoms with E-state index in [0.717, 1.165) is 12.1 Å². The molecule has 5 rings (SSSR count). The summed E-state index contributed by atoms with van der Waals surface area (Å²) in [5, 5.41) is 40.9. The highest BCUT2D eigenvalue weighted by atomic mass is 35.5. The van der Waals surface area contributed by atoms with Crippen LogP contribution in [0, 0.1) is 17.5 Å². The number of benzene rings is 2. The van der Waals surface area contributed by atoms with Gasteiger partial charge in [-0.05, 0) is 37.3 Å². The molecule has 2 aromatic carbocycles. The van der Waals surface area contributed by atoms with Crippen LogP contribution in [0.3, 0.4) is 0 Å². The number of aromatic nitrogens is 6. The minimum Gasteiger partial charge on any atom is -0.397 e. The summed E-state index contributed by atoms with van der Waals surface area (Å²) >= 11 is 6.10. The molecular weight excluding hydrogens is 529 g/mol. The van der Waals surface area contributed by atoms with Gasteiger partial charge in [0, 0.05) is 23.6 Å². The molecule has 3 N–H and O–H groups in total. The maximum atomic E-state index is 13.7. The Bertz CT molecular complexity index is 1360. The number of aliphatic hydroxyl groups is 3. The molecular formula is C24H24ClF3N6O4. The summed E-state index contributed by atoms with van der Waals surface area (Å²) in [6.45, 7) is 1.44. The lowest BCUT2D eigenvalue weighted by Crippen LogP contribution is -2.45. The first-order valence-electron chi connectivity index (χ1n) is 11.5. The van der Waals surface area contributed by atoms with Crippen molar-refractivity contribution in [3.05, 3.63) is 77.2 Å². The number of rotatable bonds is 5. The fraction of sp³-hybridized carbons (Fsp3) is 0.333. The third-order valence-corrected chi connectivity index (χ3v) is 6.03. The molecule has 2 aromatic heterocycles. The second-order valence-corrected chi connectivity index (χ2v) is 8.74. The Morgan fingerprint density at radius 3 is 2.50 bits per heavy atom. The molecule has 38 heavy (non-hydrogen) atoms. The van der Waals surface area contributed by atoms with Crippen molar-refractivity contribution in [3.63, 3.8) is 0 Å². The standard InChI is InChI=1S/C22H18ClF3N6O3.C2H6O/c23-12-2-1-3-13(6-12)32-22(27-10-28-32)18-7-17(21(34)19(9-33)35-18)31-8-16(29-30-31)11-4-14(24)20(26)15(25)5-11;1-2-3/h1-6,8,10,17-19,21,33-34H,7,9H2;3H,2H2,1H3. The summed E-state index contributed by atoms with van der Waals surface area (Å²) in [6, 6.07) is 7.82. The molecule has 4 aromatic rings. The van der Waals surface area contributed by atoms with E-state index in [2.05, 4.69) is 20.4 Å². The summed E-state index contributed by atoms with van der Waals surface area (Å²) in [5.74, 6) is -3.90. The minimum absolute atomic E-state index is 0.0230. The fourth-order valence-corrected chi connectivity index (χ4v) is 4.27. The summed E-state index contributed by atoms with van der Waals surface area (Å²) in [4.78, 5) is 4.30. The van der Waals surface area contributed by atoms with Crippen LogP contribution in [-0.4, -0.2) is 70.5 Å². The van der Waals surface area contributed by atoms with Crippen LogP contribution in [-0.2, 0) is 4.74 Å². The van der Waals surface area contributed by atoms with Gasteiger partial charge in [-0.1, -0.05) is 22.9 Å². The molecule has 14 heteroatoms. The Balaban J connectivity index is 0.00000107. The molecule has 1 fully saturated rings. The first kappa shape index (κ1) is 27.7. The van der Waals surface area contributed by atoms with Crippen molar-refractivity contribution < 1.29 is 33.2 Å². The molecule has 0 saturated carbocycles. The second-order valence-electron chi connectivity index (χ2n) is 8.30. The third kappa shape index (κ3) is 5.71. The predicted octanol–water partition coefficient (Wildman–Crippen LogP) is 3.02. The zero-order valence-electron chi connectivity index (χ0n) is 20.0. The van der Waals surface area contributed by atoms with Gasteiger partial charge in [-0.2, -0.15) is 5.10 Å². The second kappa shape index (κ2) is 12.0. The lowest BCUT2D eigenvalue weighted by Gasteiger charge is -2.38. The van der Waals surface area contributed by atoms with Crippen molar-refractivity contribution in [3.8, 4) is 16.9 Å². The van der Waals surface area contributed by atoms with Crippen LogP contribution in [0.1, 0.15) is 31.3 Å². The van der Waals surface area contributed by atoms with Gasteiger partial charge >= 0.3 is 0 Å². The molecule has 1 aliphatic rings. The number of halogens is 4. The smallest absolute Gasteiger partial charge is 0.194 e. The van der Waals surface area contributed by atoms with Crippen molar-refractivity contribution in [2.45, 2.75) is 37.7 Å². The van der Waals surface area contributed by atoms with Crippen molar-refractivity contribution in [2.24, 2.45) is 0 Å². The van der Waals surface area contributed by atoms with Crippen LogP contribution >= 0.6 is 11.6 Å². The Labute approximate surface area is 219 Å². The molecule has 0 aliphatic carbocycles. The Kier molecular flexibility index (Phi) is 8.74. The molecule has 4 unspecified atom stereocenters. The molecule has 0 radical (unpaired) electrons. The topological polar surface area (TPSA) is 131 Å². The number of hydrogen-bond donors (Lipinski definition) is 3. The monoisotopic (exact) mass is 552 g/mol. The highest BCUT2D eigenvalue weighted by molar-refractivity contribution is 6.30. The van der Waals surface area contributed by atoms with Gasteiger partial charge in [0.2, 0.25) is 0 Å². The van der Waals surface area contributed by atoms with Gasteiger partial charge in [0.25, 0.3) is 0 Å². The van der Waals surface area contributed by atoms with Gasteiger partial charge in [0.1, 0.15) is 30.3 Å². The average molecular weight is 553 g/mol. The first-order valence-corrected chi connectivity index (χ1v) is 11.9. The van der Waals surface area contributed by atoms with Crippen LogP contribution in [0.15, 0.2) is 48.9 Å². The molecule has 1 saturated heterocycles. The Morgan fingerprint density at radius 2 is 1.84 bits per heavy atom. The number of aliphatic hydroxyl groups excluding tert-OH is 3. The summed E-state index contributed by atoms with van der Waals surface area (Å²) in [5.41, 5.74) is 0.686. The summed E-state index contributed by atoms with van der Waals surface area (Å²) < 4.78 is 49.5. The molecule has 4 atom stereocenters. The summed E-state index contributed by atoms with van der Waals surface area (Å²) in [7, 11) is 0. The molecule has 202 valence electrons. The van der Waals surface area contributed by atoms with E-state index in [1.165, 1.54) is 21.9 Å². The highest BCUT2D eigenvalue weighted by Gasteiger charge is 2.41. The number of ether oxygens (including phenoxy) is 1. The van der Waals surface area contributed by atoms with E-state index in [-0.39, 0.29) is 24.3 Å². The van der Waals surface area contributed by atoms with E-state index in [9.17, 15) is 23.4 Å². The highest BCUT2D eigenvalue weighted by Crippen LogP contribution is 2.38. The van der Waals surface area contributed by atoms with Crippen molar-refractivity contribution >= 4 is 11.6 Å². The zero-order chi connectivity index (χ0) is 27.4. The van der Waals surface area contributed by atoms with Crippen molar-refractivity contribution in [1.29, 1.82) is 0 Å². The SMILES string of the molecule is CCO.OCC1OC(c2ncnn2-c2cccc(Cl)c2)CC(n2cc(-c3cc(F)c(F)c(F)c3)nn2)C1O. The molecule has 0 bridgehead atoms. The fourth-order valence-electron chi connectivity index (χ4n) is 4.09. The first-order chi connectivity index (χ1) is 18.3. The van der Waals surface area contributed by atoms with Gasteiger partial charge < -0.3 is 20.1 Å². The van der Waals surface area contributed by atoms with E-state index in [1.807, 2.05) is 0 Å². The molecule has 0 spiro atoms. The third-order valence-electron chi connectivity index (χ3n) is 5.79. The lowest BCUT2D eigenvalue weighted by atomic mass is 9.95. The van der Waals surface area contributed by atoms with E-state index in [4.69, 9.17) is 21.4 Å². The van der Waals surface area contributed by atoms with Gasteiger partial charge in [0.05, 0.1) is 24.5 Å². The minimum atomic E-state index is -1.58. The van der Waals surface area contributed by atoms with E-state index in [0.29, 0.717) is 16.5 Å². The van der Waals surface area contributed by atoms with Gasteiger partial charge in [-0.3, -0.25) is 0 Å². The maximum absolute atomic E-state index is 13.7. The van der Waals surface area contributed by atoms with Gasteiger partial charge in [-0.15, -0.1) is 5.10 Å². The van der Waals surface area contributed by atoms with E-state index in [1.54, 1.807) is 31.2 Å². The van der Waals surface area contributed by atoms with Crippen molar-refractivity contribution in [1.82, 2.24) is 29.8 Å². The van der Waals surface area contributed by atoms with Crippen LogP contribution in [0.2, 0.25) is 5.02 Å². The Hall–Kier alpha value is -3.36. The van der Waals surface area contributed by atoms with Crippen LogP contribution in [0.5, 0.6) is 0 Å². The van der Waals surface area contributed by atoms with Crippen molar-refractivity contribution in [2.75, 3.05) is 13.2 Å². The average Bonchev–Trinajstić information content (AvgIpc) is 3.58. The molecule has 10 nitrogen and oxygen atoms in total. The maximum Gasteiger partial charge on any atom is 0.194 e. The number of hydrogen-bond acceptors (Lipinski definition) is 8. The van der Waals surface area contributed by atoms with Crippen LogP contribution in [0.25, 0.3) is 16.9 Å². The molecule has 0 amide bonds. The molecule has 1 aliphatic heterocycles. The Morgan fingerprint density at radius 1 is 1.13 bits per heavy atom. The van der Waals surface area contributed by atoms with E-state index >= 15 is 0 Å². The van der Waals surface area contributed by atoms with Gasteiger partial charge in [-0.25, -0.2) is 27.5 Å². The predicted molar refractivity (Wildman–Crippen MR) is 129 cm³/mol.